The monoisotopic (exact) mass is 412 g/mol. The van der Waals surface area contributed by atoms with Gasteiger partial charge in [0.05, 0.1) is 16.9 Å². The maximum atomic E-state index is 13.8. The Morgan fingerprint density at radius 2 is 1.70 bits per heavy atom. The van der Waals surface area contributed by atoms with Crippen molar-refractivity contribution < 1.29 is 18.5 Å². The fourth-order valence-electron chi connectivity index (χ4n) is 3.50. The summed E-state index contributed by atoms with van der Waals surface area (Å²) in [5, 5.41) is 2.65. The van der Waals surface area contributed by atoms with Gasteiger partial charge >= 0.3 is 13.1 Å². The largest absolute Gasteiger partial charge is 0.494 e. The van der Waals surface area contributed by atoms with E-state index in [2.05, 4.69) is 5.32 Å². The molecular formula is C23H30BFN2O3. The molecule has 2 heterocycles. The third-order valence-corrected chi connectivity index (χ3v) is 5.89. The minimum atomic E-state index is -0.452. The van der Waals surface area contributed by atoms with Gasteiger partial charge in [0.25, 0.3) is 0 Å². The topological polar surface area (TPSA) is 50.8 Å². The van der Waals surface area contributed by atoms with Crippen molar-refractivity contribution in [1.29, 1.82) is 0 Å². The SMILES string of the molecule is CC.CC1(C)OB(c2ccc3c(c2)CCN3C(=O)Nc2ccccc2F)OC1(C)C. The minimum absolute atomic E-state index is 0.176. The first-order chi connectivity index (χ1) is 14.2. The minimum Gasteiger partial charge on any atom is -0.399 e. The number of hydrogen-bond acceptors (Lipinski definition) is 3. The summed E-state index contributed by atoms with van der Waals surface area (Å²) < 4.78 is 26.1. The molecule has 160 valence electrons. The predicted octanol–water partition coefficient (Wildman–Crippen LogP) is 4.75. The van der Waals surface area contributed by atoms with Crippen LogP contribution in [-0.4, -0.2) is 30.9 Å². The normalized spacial score (nSPS) is 18.5. The summed E-state index contributed by atoms with van der Waals surface area (Å²) in [6.45, 7) is 12.6. The van der Waals surface area contributed by atoms with Gasteiger partial charge < -0.3 is 14.6 Å². The molecule has 2 aromatic rings. The van der Waals surface area contributed by atoms with Gasteiger partial charge in [-0.3, -0.25) is 4.90 Å². The number of amides is 2. The van der Waals surface area contributed by atoms with E-state index in [1.54, 1.807) is 23.1 Å². The summed E-state index contributed by atoms with van der Waals surface area (Å²) in [4.78, 5) is 14.3. The molecule has 7 heteroatoms. The van der Waals surface area contributed by atoms with Gasteiger partial charge in [-0.2, -0.15) is 0 Å². The van der Waals surface area contributed by atoms with E-state index in [4.69, 9.17) is 9.31 Å². The number of nitrogens with one attached hydrogen (secondary N) is 1. The van der Waals surface area contributed by atoms with E-state index in [9.17, 15) is 9.18 Å². The Bertz CT molecular complexity index is 916. The van der Waals surface area contributed by atoms with Crippen LogP contribution >= 0.6 is 0 Å². The summed E-state index contributed by atoms with van der Waals surface area (Å²) >= 11 is 0. The van der Waals surface area contributed by atoms with Gasteiger partial charge in [-0.15, -0.1) is 0 Å². The molecule has 0 saturated carbocycles. The predicted molar refractivity (Wildman–Crippen MR) is 120 cm³/mol. The van der Waals surface area contributed by atoms with E-state index in [0.29, 0.717) is 6.54 Å². The van der Waals surface area contributed by atoms with Crippen LogP contribution in [0.3, 0.4) is 0 Å². The number of halogens is 1. The molecular weight excluding hydrogens is 382 g/mol. The van der Waals surface area contributed by atoms with Crippen molar-refractivity contribution in [1.82, 2.24) is 0 Å². The van der Waals surface area contributed by atoms with Crippen LogP contribution in [0.15, 0.2) is 42.5 Å². The lowest BCUT2D eigenvalue weighted by Crippen LogP contribution is -2.41. The van der Waals surface area contributed by atoms with Gasteiger partial charge in [0.2, 0.25) is 0 Å². The summed E-state index contributed by atoms with van der Waals surface area (Å²) in [6, 6.07) is 11.7. The molecule has 0 aromatic heterocycles. The Kier molecular flexibility index (Phi) is 6.25. The highest BCUT2D eigenvalue weighted by Crippen LogP contribution is 2.37. The molecule has 2 aliphatic heterocycles. The van der Waals surface area contributed by atoms with E-state index in [1.165, 1.54) is 6.07 Å². The zero-order chi connectivity index (χ0) is 22.1. The van der Waals surface area contributed by atoms with Crippen molar-refractivity contribution in [2.75, 3.05) is 16.8 Å². The average Bonchev–Trinajstić information content (AvgIpc) is 3.22. The van der Waals surface area contributed by atoms with Crippen LogP contribution in [0.4, 0.5) is 20.6 Å². The molecule has 2 amide bonds. The molecule has 1 fully saturated rings. The second kappa shape index (κ2) is 8.40. The molecule has 2 aliphatic rings. The van der Waals surface area contributed by atoms with Crippen LogP contribution in [0.2, 0.25) is 0 Å². The van der Waals surface area contributed by atoms with Gasteiger partial charge in [0.15, 0.2) is 0 Å². The standard InChI is InChI=1S/C21H24BFN2O3.C2H6/c1-20(2)21(3,4)28-22(27-20)15-9-10-18-14(13-15)11-12-25(18)19(26)24-17-8-6-5-7-16(17)23;1-2/h5-10,13H,11-12H2,1-4H3,(H,24,26);1-2H3. The van der Waals surface area contributed by atoms with Crippen molar-refractivity contribution in [3.63, 3.8) is 0 Å². The van der Waals surface area contributed by atoms with Crippen molar-refractivity contribution >= 4 is 30.0 Å². The number of nitrogens with zero attached hydrogens (tertiary/aromatic N) is 1. The molecule has 0 unspecified atom stereocenters. The summed E-state index contributed by atoms with van der Waals surface area (Å²) in [5.74, 6) is -0.452. The molecule has 0 atom stereocenters. The molecule has 30 heavy (non-hydrogen) atoms. The quantitative estimate of drug-likeness (QED) is 0.725. The van der Waals surface area contributed by atoms with Gasteiger partial charge in [-0.1, -0.05) is 38.1 Å². The number of carbonyl (C=O) groups excluding carboxylic acids is 1. The first-order valence-corrected chi connectivity index (χ1v) is 10.5. The number of anilines is 2. The van der Waals surface area contributed by atoms with E-state index < -0.39 is 24.1 Å². The molecule has 0 aliphatic carbocycles. The number of benzene rings is 2. The Morgan fingerprint density at radius 3 is 2.33 bits per heavy atom. The fraction of sp³-hybridized carbons (Fsp3) is 0.435. The number of urea groups is 1. The van der Waals surface area contributed by atoms with Crippen LogP contribution in [0.25, 0.3) is 0 Å². The highest BCUT2D eigenvalue weighted by Gasteiger charge is 2.51. The van der Waals surface area contributed by atoms with Crippen LogP contribution in [0, 0.1) is 5.82 Å². The van der Waals surface area contributed by atoms with Gasteiger partial charge in [0.1, 0.15) is 5.82 Å². The summed E-state index contributed by atoms with van der Waals surface area (Å²) in [5.41, 5.74) is 2.19. The zero-order valence-corrected chi connectivity index (χ0v) is 18.6. The molecule has 4 rings (SSSR count). The van der Waals surface area contributed by atoms with Crippen molar-refractivity contribution in [3.8, 4) is 0 Å². The van der Waals surface area contributed by atoms with Crippen LogP contribution in [0.5, 0.6) is 0 Å². The highest BCUT2D eigenvalue weighted by molar-refractivity contribution is 6.62. The maximum absolute atomic E-state index is 13.8. The average molecular weight is 412 g/mol. The highest BCUT2D eigenvalue weighted by atomic mass is 19.1. The lowest BCUT2D eigenvalue weighted by atomic mass is 9.78. The first-order valence-electron chi connectivity index (χ1n) is 10.5. The molecule has 1 saturated heterocycles. The smallest absolute Gasteiger partial charge is 0.399 e. The van der Waals surface area contributed by atoms with E-state index in [0.717, 1.165) is 23.1 Å². The Labute approximate surface area is 178 Å². The second-order valence-electron chi connectivity index (χ2n) is 8.29. The Morgan fingerprint density at radius 1 is 1.07 bits per heavy atom. The molecule has 1 N–H and O–H groups in total. The Balaban J connectivity index is 0.00000124. The summed E-state index contributed by atoms with van der Waals surface area (Å²) in [6.07, 6.45) is 0.730. The maximum Gasteiger partial charge on any atom is 0.494 e. The van der Waals surface area contributed by atoms with Gasteiger partial charge in [0, 0.05) is 12.2 Å². The molecule has 0 spiro atoms. The number of hydrogen-bond donors (Lipinski definition) is 1. The number of para-hydroxylation sites is 1. The number of fused-ring (bicyclic) bond motifs is 1. The molecule has 0 radical (unpaired) electrons. The van der Waals surface area contributed by atoms with Gasteiger partial charge in [-0.25, -0.2) is 9.18 Å². The molecule has 0 bridgehead atoms. The zero-order valence-electron chi connectivity index (χ0n) is 18.6. The molecule has 5 nitrogen and oxygen atoms in total. The third-order valence-electron chi connectivity index (χ3n) is 5.89. The first kappa shape index (κ1) is 22.3. The fourth-order valence-corrected chi connectivity index (χ4v) is 3.50. The van der Waals surface area contributed by atoms with E-state index >= 15 is 0 Å². The lowest BCUT2D eigenvalue weighted by molar-refractivity contribution is 0.00578. The molecule has 2 aromatic carbocycles. The Hall–Kier alpha value is -2.38. The van der Waals surface area contributed by atoms with Crippen molar-refractivity contribution in [3.05, 3.63) is 53.8 Å². The van der Waals surface area contributed by atoms with Crippen molar-refractivity contribution in [2.45, 2.75) is 59.2 Å². The van der Waals surface area contributed by atoms with E-state index in [-0.39, 0.29) is 11.7 Å². The second-order valence-corrected chi connectivity index (χ2v) is 8.29. The summed E-state index contributed by atoms with van der Waals surface area (Å²) in [7, 11) is -0.434. The van der Waals surface area contributed by atoms with Gasteiger partial charge in [-0.05, 0) is 63.3 Å². The van der Waals surface area contributed by atoms with Crippen LogP contribution in [0.1, 0.15) is 47.1 Å². The van der Waals surface area contributed by atoms with Crippen LogP contribution < -0.4 is 15.7 Å². The number of rotatable bonds is 2. The third kappa shape index (κ3) is 4.09. The van der Waals surface area contributed by atoms with E-state index in [1.807, 2.05) is 59.7 Å². The van der Waals surface area contributed by atoms with Crippen molar-refractivity contribution in [2.24, 2.45) is 0 Å². The number of carbonyl (C=O) groups is 1. The lowest BCUT2D eigenvalue weighted by Gasteiger charge is -2.32. The van der Waals surface area contributed by atoms with Crippen LogP contribution in [-0.2, 0) is 15.7 Å².